The van der Waals surface area contributed by atoms with Crippen LogP contribution in [0, 0.1) is 0 Å². The lowest BCUT2D eigenvalue weighted by molar-refractivity contribution is 0.0936. The number of fused-ring (bicyclic) bond motifs is 1. The van der Waals surface area contributed by atoms with Crippen LogP contribution in [-0.2, 0) is 13.0 Å². The van der Waals surface area contributed by atoms with Gasteiger partial charge in [-0.05, 0) is 31.9 Å². The Bertz CT molecular complexity index is 735. The van der Waals surface area contributed by atoms with E-state index in [1.54, 1.807) is 32.4 Å². The number of nitrogens with zero attached hydrogens (tertiary/aromatic N) is 3. The second-order valence-electron chi connectivity index (χ2n) is 6.23. The molecular weight excluding hydrogens is 320 g/mol. The van der Waals surface area contributed by atoms with Crippen molar-refractivity contribution in [2.45, 2.75) is 45.2 Å². The number of hydrogen-bond donors (Lipinski definition) is 1. The molecule has 2 aromatic rings. The number of carbonyl (C=O) groups excluding carboxylic acids is 1. The third-order valence-electron chi connectivity index (χ3n) is 4.49. The number of nitrogens with one attached hydrogen (secondary N) is 1. The second-order valence-corrected chi connectivity index (χ2v) is 6.23. The van der Waals surface area contributed by atoms with Gasteiger partial charge in [0.1, 0.15) is 17.3 Å². The van der Waals surface area contributed by atoms with E-state index < -0.39 is 0 Å². The van der Waals surface area contributed by atoms with Crippen LogP contribution in [-0.4, -0.2) is 34.9 Å². The van der Waals surface area contributed by atoms with Crippen molar-refractivity contribution in [3.05, 3.63) is 35.4 Å². The highest BCUT2D eigenvalue weighted by Gasteiger charge is 2.21. The zero-order valence-corrected chi connectivity index (χ0v) is 14.9. The van der Waals surface area contributed by atoms with Crippen molar-refractivity contribution in [3.8, 4) is 11.5 Å². The fraction of sp³-hybridized carbons (Fsp3) is 0.500. The molecule has 7 heteroatoms. The fourth-order valence-electron chi connectivity index (χ4n) is 3.11. The third kappa shape index (κ3) is 3.75. The molecule has 1 N–H and O–H groups in total. The van der Waals surface area contributed by atoms with Crippen LogP contribution in [0.15, 0.2) is 18.2 Å². The minimum Gasteiger partial charge on any atom is -0.497 e. The number of aromatic nitrogens is 3. The van der Waals surface area contributed by atoms with Crippen molar-refractivity contribution in [1.82, 2.24) is 20.1 Å². The van der Waals surface area contributed by atoms with Gasteiger partial charge in [-0.15, -0.1) is 10.2 Å². The molecule has 134 valence electrons. The average Bonchev–Trinajstić information content (AvgIpc) is 2.89. The van der Waals surface area contributed by atoms with Crippen LogP contribution in [0.1, 0.15) is 54.2 Å². The lowest BCUT2D eigenvalue weighted by Crippen LogP contribution is -2.29. The molecule has 0 saturated heterocycles. The van der Waals surface area contributed by atoms with Gasteiger partial charge >= 0.3 is 0 Å². The second kappa shape index (κ2) is 7.55. The van der Waals surface area contributed by atoms with E-state index in [9.17, 15) is 4.79 Å². The number of methoxy groups -OCH3 is 2. The molecule has 25 heavy (non-hydrogen) atoms. The lowest BCUT2D eigenvalue weighted by atomic mass is 10.1. The number of benzene rings is 1. The van der Waals surface area contributed by atoms with Gasteiger partial charge in [0.25, 0.3) is 5.91 Å². The molecular formula is C18H24N4O3. The van der Waals surface area contributed by atoms with Crippen molar-refractivity contribution in [1.29, 1.82) is 0 Å². The van der Waals surface area contributed by atoms with Crippen LogP contribution >= 0.6 is 0 Å². The van der Waals surface area contributed by atoms with Gasteiger partial charge in [-0.3, -0.25) is 4.79 Å². The Morgan fingerprint density at radius 2 is 1.84 bits per heavy atom. The van der Waals surface area contributed by atoms with Gasteiger partial charge in [-0.1, -0.05) is 6.42 Å². The first-order chi connectivity index (χ1) is 12.1. The molecule has 1 aliphatic heterocycles. The molecule has 0 bridgehead atoms. The summed E-state index contributed by atoms with van der Waals surface area (Å²) >= 11 is 0. The molecule has 0 saturated carbocycles. The Kier molecular flexibility index (Phi) is 5.21. The number of ether oxygens (including phenoxy) is 2. The topological polar surface area (TPSA) is 78.3 Å². The van der Waals surface area contributed by atoms with E-state index in [4.69, 9.17) is 9.47 Å². The molecule has 1 amide bonds. The fourth-order valence-corrected chi connectivity index (χ4v) is 3.11. The summed E-state index contributed by atoms with van der Waals surface area (Å²) in [6, 6.07) is 4.88. The first kappa shape index (κ1) is 17.3. The predicted octanol–water partition coefficient (Wildman–Crippen LogP) is 2.51. The molecule has 2 heterocycles. The minimum absolute atomic E-state index is 0.198. The molecule has 1 unspecified atom stereocenters. The first-order valence-corrected chi connectivity index (χ1v) is 8.58. The summed E-state index contributed by atoms with van der Waals surface area (Å²) in [5.41, 5.74) is 0.485. The maximum Gasteiger partial charge on any atom is 0.252 e. The van der Waals surface area contributed by atoms with E-state index in [0.717, 1.165) is 37.5 Å². The summed E-state index contributed by atoms with van der Waals surface area (Å²) in [4.78, 5) is 12.6. The van der Waals surface area contributed by atoms with E-state index in [2.05, 4.69) is 20.1 Å². The third-order valence-corrected chi connectivity index (χ3v) is 4.49. The number of amides is 1. The molecule has 0 radical (unpaired) electrons. The van der Waals surface area contributed by atoms with Gasteiger partial charge in [0.2, 0.25) is 0 Å². The van der Waals surface area contributed by atoms with Gasteiger partial charge in [-0.2, -0.15) is 0 Å². The van der Waals surface area contributed by atoms with Crippen molar-refractivity contribution < 1.29 is 14.3 Å². The van der Waals surface area contributed by atoms with Crippen LogP contribution in [0.5, 0.6) is 11.5 Å². The molecule has 0 aliphatic carbocycles. The minimum atomic E-state index is -0.232. The SMILES string of the molecule is COc1cc(OC)cc(C(=O)NC(C)c2nnc3n2CCCCC3)c1. The maximum absolute atomic E-state index is 12.6. The van der Waals surface area contributed by atoms with Crippen molar-refractivity contribution in [3.63, 3.8) is 0 Å². The van der Waals surface area contributed by atoms with Gasteiger partial charge in [0.15, 0.2) is 5.82 Å². The number of hydrogen-bond acceptors (Lipinski definition) is 5. The van der Waals surface area contributed by atoms with Crippen LogP contribution in [0.2, 0.25) is 0 Å². The highest BCUT2D eigenvalue weighted by atomic mass is 16.5. The number of rotatable bonds is 5. The van der Waals surface area contributed by atoms with Crippen LogP contribution in [0.4, 0.5) is 0 Å². The number of aryl methyl sites for hydroxylation is 1. The Labute approximate surface area is 147 Å². The molecule has 3 rings (SSSR count). The standard InChI is InChI=1S/C18H24N4O3/c1-12(17-21-20-16-7-5-4-6-8-22(16)17)19-18(23)13-9-14(24-2)11-15(10-13)25-3/h9-12H,4-8H2,1-3H3,(H,19,23). The first-order valence-electron chi connectivity index (χ1n) is 8.58. The molecule has 1 aromatic carbocycles. The van der Waals surface area contributed by atoms with Gasteiger partial charge in [0, 0.05) is 24.6 Å². The summed E-state index contributed by atoms with van der Waals surface area (Å²) in [6.45, 7) is 2.84. The van der Waals surface area contributed by atoms with Crippen LogP contribution < -0.4 is 14.8 Å². The molecule has 7 nitrogen and oxygen atoms in total. The normalized spacial score (nSPS) is 15.0. The monoisotopic (exact) mass is 344 g/mol. The zero-order chi connectivity index (χ0) is 17.8. The Morgan fingerprint density at radius 3 is 2.52 bits per heavy atom. The Hall–Kier alpha value is -2.57. The van der Waals surface area contributed by atoms with Gasteiger partial charge in [0.05, 0.1) is 20.3 Å². The van der Waals surface area contributed by atoms with Gasteiger partial charge in [-0.25, -0.2) is 0 Å². The molecule has 1 atom stereocenters. The van der Waals surface area contributed by atoms with E-state index in [0.29, 0.717) is 17.1 Å². The summed E-state index contributed by atoms with van der Waals surface area (Å²) in [7, 11) is 3.12. The van der Waals surface area contributed by atoms with E-state index in [-0.39, 0.29) is 11.9 Å². The summed E-state index contributed by atoms with van der Waals surface area (Å²) in [5, 5.41) is 11.6. The van der Waals surface area contributed by atoms with Crippen LogP contribution in [0.25, 0.3) is 0 Å². The highest BCUT2D eigenvalue weighted by Crippen LogP contribution is 2.23. The summed E-state index contributed by atoms with van der Waals surface area (Å²) in [5.74, 6) is 2.77. The molecule has 1 aromatic heterocycles. The summed E-state index contributed by atoms with van der Waals surface area (Å²) in [6.07, 6.45) is 4.40. The lowest BCUT2D eigenvalue weighted by Gasteiger charge is -2.16. The van der Waals surface area contributed by atoms with E-state index >= 15 is 0 Å². The highest BCUT2D eigenvalue weighted by molar-refractivity contribution is 5.95. The van der Waals surface area contributed by atoms with Gasteiger partial charge < -0.3 is 19.4 Å². The quantitative estimate of drug-likeness (QED) is 0.902. The Morgan fingerprint density at radius 1 is 1.12 bits per heavy atom. The van der Waals surface area contributed by atoms with E-state index in [1.807, 2.05) is 6.92 Å². The summed E-state index contributed by atoms with van der Waals surface area (Å²) < 4.78 is 12.6. The number of carbonyl (C=O) groups is 1. The molecule has 0 spiro atoms. The van der Waals surface area contributed by atoms with Crippen LogP contribution in [0.3, 0.4) is 0 Å². The van der Waals surface area contributed by atoms with Crippen molar-refractivity contribution in [2.24, 2.45) is 0 Å². The Balaban J connectivity index is 1.78. The molecule has 1 aliphatic rings. The maximum atomic E-state index is 12.6. The smallest absolute Gasteiger partial charge is 0.252 e. The van der Waals surface area contributed by atoms with Crippen molar-refractivity contribution in [2.75, 3.05) is 14.2 Å². The van der Waals surface area contributed by atoms with E-state index in [1.165, 1.54) is 6.42 Å². The molecule has 0 fully saturated rings. The zero-order valence-electron chi connectivity index (χ0n) is 14.9. The largest absolute Gasteiger partial charge is 0.497 e. The average molecular weight is 344 g/mol. The van der Waals surface area contributed by atoms with Crippen molar-refractivity contribution >= 4 is 5.91 Å². The predicted molar refractivity (Wildman–Crippen MR) is 93.0 cm³/mol.